The highest BCUT2D eigenvalue weighted by Gasteiger charge is 2.52. The first-order valence-corrected chi connectivity index (χ1v) is 8.49. The van der Waals surface area contributed by atoms with Crippen LogP contribution in [0.25, 0.3) is 0 Å². The van der Waals surface area contributed by atoms with Crippen molar-refractivity contribution in [2.75, 3.05) is 13.2 Å². The molecule has 0 amide bonds. The van der Waals surface area contributed by atoms with Gasteiger partial charge < -0.3 is 23.9 Å². The number of fused-ring (bicyclic) bond motifs is 3. The van der Waals surface area contributed by atoms with Crippen LogP contribution >= 0.6 is 0 Å². The summed E-state index contributed by atoms with van der Waals surface area (Å²) in [5.41, 5.74) is -0.613. The van der Waals surface area contributed by atoms with Crippen LogP contribution in [0.4, 0.5) is 0 Å². The third-order valence-electron chi connectivity index (χ3n) is 5.62. The van der Waals surface area contributed by atoms with Gasteiger partial charge in [0.2, 0.25) is 5.79 Å². The second-order valence-corrected chi connectivity index (χ2v) is 7.16. The molecule has 5 rings (SSSR count). The lowest BCUT2D eigenvalue weighted by molar-refractivity contribution is -0.174. The Labute approximate surface area is 138 Å². The number of pyridine rings is 1. The molecule has 1 aromatic heterocycles. The lowest BCUT2D eigenvalue weighted by atomic mass is 9.83. The van der Waals surface area contributed by atoms with Crippen LogP contribution in [-0.2, 0) is 43.5 Å². The SMILES string of the molecule is O=C1OCc2c(cc3n(c2=O)CCC32OCCO2)C1(O)CC1CC1. The molecule has 24 heavy (non-hydrogen) atoms. The zero-order chi connectivity index (χ0) is 16.5. The molecule has 0 bridgehead atoms. The van der Waals surface area contributed by atoms with Crippen LogP contribution < -0.4 is 5.56 Å². The Hall–Kier alpha value is -1.70. The number of hydrogen-bond donors (Lipinski definition) is 1. The summed E-state index contributed by atoms with van der Waals surface area (Å²) in [6.07, 6.45) is 2.84. The molecular formula is C17H19NO6. The van der Waals surface area contributed by atoms with E-state index in [0.29, 0.717) is 55.3 Å². The van der Waals surface area contributed by atoms with Gasteiger partial charge in [0.05, 0.1) is 24.5 Å². The maximum absolute atomic E-state index is 12.9. The molecule has 0 aromatic carbocycles. The molecule has 1 saturated heterocycles. The van der Waals surface area contributed by atoms with Gasteiger partial charge in [-0.25, -0.2) is 4.79 Å². The van der Waals surface area contributed by atoms with Crippen LogP contribution in [0.1, 0.15) is 42.5 Å². The number of ether oxygens (including phenoxy) is 3. The van der Waals surface area contributed by atoms with Gasteiger partial charge in [0.1, 0.15) is 6.61 Å². The highest BCUT2D eigenvalue weighted by molar-refractivity contribution is 5.83. The van der Waals surface area contributed by atoms with E-state index in [2.05, 4.69) is 0 Å². The van der Waals surface area contributed by atoms with Crippen LogP contribution in [0.5, 0.6) is 0 Å². The van der Waals surface area contributed by atoms with E-state index in [4.69, 9.17) is 14.2 Å². The molecule has 3 aliphatic heterocycles. The van der Waals surface area contributed by atoms with Crippen molar-refractivity contribution < 1.29 is 24.1 Å². The maximum Gasteiger partial charge on any atom is 0.343 e. The molecule has 4 heterocycles. The molecule has 7 heteroatoms. The third-order valence-corrected chi connectivity index (χ3v) is 5.62. The minimum atomic E-state index is -1.74. The van der Waals surface area contributed by atoms with Gasteiger partial charge in [0.15, 0.2) is 5.60 Å². The lowest BCUT2D eigenvalue weighted by Gasteiger charge is -2.33. The number of aliphatic hydroxyl groups is 1. The maximum atomic E-state index is 12.9. The molecule has 1 unspecified atom stereocenters. The summed E-state index contributed by atoms with van der Waals surface area (Å²) < 4.78 is 18.3. The zero-order valence-corrected chi connectivity index (χ0v) is 13.2. The van der Waals surface area contributed by atoms with Crippen LogP contribution in [0.3, 0.4) is 0 Å². The molecule has 2 fully saturated rings. The number of esters is 1. The van der Waals surface area contributed by atoms with Crippen molar-refractivity contribution in [1.29, 1.82) is 0 Å². The number of aromatic nitrogens is 1. The molecule has 128 valence electrons. The van der Waals surface area contributed by atoms with Crippen molar-refractivity contribution in [1.82, 2.24) is 4.57 Å². The van der Waals surface area contributed by atoms with Crippen LogP contribution in [0, 0.1) is 5.92 Å². The average Bonchev–Trinajstić information content (AvgIpc) is 3.12. The Morgan fingerprint density at radius 3 is 2.71 bits per heavy atom. The third kappa shape index (κ3) is 1.83. The molecule has 0 radical (unpaired) electrons. The van der Waals surface area contributed by atoms with Crippen molar-refractivity contribution in [2.24, 2.45) is 5.92 Å². The average molecular weight is 333 g/mol. The van der Waals surface area contributed by atoms with E-state index in [1.807, 2.05) is 0 Å². The quantitative estimate of drug-likeness (QED) is 0.793. The number of nitrogens with zero attached hydrogens (tertiary/aromatic N) is 1. The van der Waals surface area contributed by atoms with Crippen molar-refractivity contribution in [3.05, 3.63) is 33.2 Å². The summed E-state index contributed by atoms with van der Waals surface area (Å²) in [6.45, 7) is 1.35. The molecular weight excluding hydrogens is 314 g/mol. The first-order valence-electron chi connectivity index (χ1n) is 8.49. The molecule has 1 aromatic rings. The Kier molecular flexibility index (Phi) is 2.85. The van der Waals surface area contributed by atoms with Crippen molar-refractivity contribution in [2.45, 2.75) is 50.2 Å². The molecule has 7 nitrogen and oxygen atoms in total. The Morgan fingerprint density at radius 1 is 1.25 bits per heavy atom. The Balaban J connectivity index is 1.71. The second-order valence-electron chi connectivity index (χ2n) is 7.16. The Morgan fingerprint density at radius 2 is 2.00 bits per heavy atom. The normalized spacial score (nSPS) is 30.3. The van der Waals surface area contributed by atoms with Gasteiger partial charge in [-0.15, -0.1) is 0 Å². The topological polar surface area (TPSA) is 87.0 Å². The monoisotopic (exact) mass is 333 g/mol. The van der Waals surface area contributed by atoms with Gasteiger partial charge in [0.25, 0.3) is 5.56 Å². The summed E-state index contributed by atoms with van der Waals surface area (Å²) >= 11 is 0. The van der Waals surface area contributed by atoms with Gasteiger partial charge in [-0.2, -0.15) is 0 Å². The summed E-state index contributed by atoms with van der Waals surface area (Å²) in [5, 5.41) is 11.1. The van der Waals surface area contributed by atoms with E-state index in [1.54, 1.807) is 10.6 Å². The number of hydrogen-bond acceptors (Lipinski definition) is 6. The van der Waals surface area contributed by atoms with Crippen LogP contribution in [0.15, 0.2) is 10.9 Å². The number of carbonyl (C=O) groups is 1. The minimum absolute atomic E-state index is 0.0883. The van der Waals surface area contributed by atoms with Gasteiger partial charge in [0, 0.05) is 18.5 Å². The van der Waals surface area contributed by atoms with E-state index < -0.39 is 17.4 Å². The van der Waals surface area contributed by atoms with Gasteiger partial charge in [-0.1, -0.05) is 12.8 Å². The molecule has 1 atom stereocenters. The largest absolute Gasteiger partial charge is 0.458 e. The standard InChI is InChI=1S/C17H19NO6/c19-14-11-9-22-15(20)16(21,8-10-1-2-10)12(11)7-13-17(3-4-18(13)14)23-5-6-24-17/h7,10,21H,1-6,8-9H2. The van der Waals surface area contributed by atoms with Gasteiger partial charge in [-0.3, -0.25) is 4.79 Å². The first kappa shape index (κ1) is 14.6. The molecule has 1 spiro atoms. The van der Waals surface area contributed by atoms with E-state index in [0.717, 1.165) is 12.8 Å². The van der Waals surface area contributed by atoms with Crippen molar-refractivity contribution >= 4 is 5.97 Å². The van der Waals surface area contributed by atoms with E-state index >= 15 is 0 Å². The smallest absolute Gasteiger partial charge is 0.343 e. The van der Waals surface area contributed by atoms with Crippen LogP contribution in [-0.4, -0.2) is 28.9 Å². The number of cyclic esters (lactones) is 1. The van der Waals surface area contributed by atoms with E-state index in [9.17, 15) is 14.7 Å². The molecule has 1 aliphatic carbocycles. The fourth-order valence-electron chi connectivity index (χ4n) is 4.17. The summed E-state index contributed by atoms with van der Waals surface area (Å²) in [5.74, 6) is -1.28. The fraction of sp³-hybridized carbons (Fsp3) is 0.647. The second kappa shape index (κ2) is 4.68. The predicted molar refractivity (Wildman–Crippen MR) is 79.9 cm³/mol. The molecule has 4 aliphatic rings. The van der Waals surface area contributed by atoms with Crippen molar-refractivity contribution in [3.8, 4) is 0 Å². The molecule has 1 N–H and O–H groups in total. The van der Waals surface area contributed by atoms with Crippen molar-refractivity contribution in [3.63, 3.8) is 0 Å². The van der Waals surface area contributed by atoms with E-state index in [-0.39, 0.29) is 12.2 Å². The highest BCUT2D eigenvalue weighted by Crippen LogP contribution is 2.46. The fourth-order valence-corrected chi connectivity index (χ4v) is 4.17. The zero-order valence-electron chi connectivity index (χ0n) is 13.2. The minimum Gasteiger partial charge on any atom is -0.458 e. The highest BCUT2D eigenvalue weighted by atomic mass is 16.7. The lowest BCUT2D eigenvalue weighted by Crippen LogP contribution is -2.45. The Bertz CT molecular complexity index is 789. The molecule has 1 saturated carbocycles. The van der Waals surface area contributed by atoms with Crippen LogP contribution in [0.2, 0.25) is 0 Å². The number of carbonyl (C=O) groups excluding carboxylic acids is 1. The first-order chi connectivity index (χ1) is 11.5. The predicted octanol–water partition coefficient (Wildman–Crippen LogP) is 0.496. The van der Waals surface area contributed by atoms with Gasteiger partial charge >= 0.3 is 5.97 Å². The number of rotatable bonds is 2. The van der Waals surface area contributed by atoms with E-state index in [1.165, 1.54) is 0 Å². The van der Waals surface area contributed by atoms with Gasteiger partial charge in [-0.05, 0) is 18.4 Å². The summed E-state index contributed by atoms with van der Waals surface area (Å²) in [6, 6.07) is 1.73. The summed E-state index contributed by atoms with van der Waals surface area (Å²) in [7, 11) is 0. The summed E-state index contributed by atoms with van der Waals surface area (Å²) in [4.78, 5) is 25.2.